The van der Waals surface area contributed by atoms with Gasteiger partial charge in [-0.25, -0.2) is 9.59 Å². The van der Waals surface area contributed by atoms with E-state index in [0.717, 1.165) is 0 Å². The van der Waals surface area contributed by atoms with E-state index in [0.29, 0.717) is 57.4 Å². The van der Waals surface area contributed by atoms with Crippen molar-refractivity contribution < 1.29 is 57.8 Å². The van der Waals surface area contributed by atoms with Crippen LogP contribution in [0, 0.1) is 5.92 Å². The fourth-order valence-corrected chi connectivity index (χ4v) is 5.37. The van der Waals surface area contributed by atoms with Crippen molar-refractivity contribution in [2.24, 2.45) is 17.4 Å². The van der Waals surface area contributed by atoms with Crippen molar-refractivity contribution in [3.05, 3.63) is 35.4 Å². The van der Waals surface area contributed by atoms with Crippen LogP contribution in [-0.2, 0) is 28.4 Å². The van der Waals surface area contributed by atoms with Crippen molar-refractivity contribution in [1.29, 1.82) is 0 Å². The lowest BCUT2D eigenvalue weighted by Crippen LogP contribution is -2.48. The highest BCUT2D eigenvalue weighted by atomic mass is 16.6. The molecule has 0 bridgehead atoms. The molecule has 17 heteroatoms. The van der Waals surface area contributed by atoms with Gasteiger partial charge >= 0.3 is 12.2 Å². The van der Waals surface area contributed by atoms with Gasteiger partial charge in [-0.3, -0.25) is 14.5 Å². The van der Waals surface area contributed by atoms with Gasteiger partial charge in [0.1, 0.15) is 11.2 Å². The third-order valence-corrected chi connectivity index (χ3v) is 8.16. The third kappa shape index (κ3) is 16.3. The number of ether oxygens (including phenoxy) is 6. The maximum Gasteiger partial charge on any atom is 0.408 e. The van der Waals surface area contributed by atoms with E-state index in [2.05, 4.69) is 10.6 Å². The summed E-state index contributed by atoms with van der Waals surface area (Å²) < 4.78 is 30.3. The van der Waals surface area contributed by atoms with Crippen molar-refractivity contribution >= 4 is 24.0 Å². The number of benzene rings is 1. The number of aliphatic hydroxyl groups is 2. The average molecular weight is 788 g/mol. The van der Waals surface area contributed by atoms with Gasteiger partial charge in [0.05, 0.1) is 106 Å². The Morgan fingerprint density at radius 2 is 1.09 bits per heavy atom. The highest BCUT2D eigenvalue weighted by Crippen LogP contribution is 2.29. The first kappa shape index (κ1) is 51.6. The first-order valence-electron chi connectivity index (χ1n) is 17.4. The molecule has 0 saturated carbocycles. The van der Waals surface area contributed by atoms with Gasteiger partial charge in [0.25, 0.3) is 11.8 Å². The van der Waals surface area contributed by atoms with Crippen molar-refractivity contribution in [3.8, 4) is 0 Å². The maximum atomic E-state index is 12.2. The summed E-state index contributed by atoms with van der Waals surface area (Å²) in [5.74, 6) is -0.168. The van der Waals surface area contributed by atoms with Gasteiger partial charge in [0.2, 0.25) is 0 Å². The summed E-state index contributed by atoms with van der Waals surface area (Å²) in [6.45, 7) is 16.3. The van der Waals surface area contributed by atoms with Crippen LogP contribution in [0.5, 0.6) is 0 Å². The second-order valence-electron chi connectivity index (χ2n) is 15.2. The highest BCUT2D eigenvalue weighted by molar-refractivity contribution is 6.21. The van der Waals surface area contributed by atoms with Crippen molar-refractivity contribution in [2.75, 3.05) is 52.9 Å². The molecule has 8 atom stereocenters. The second-order valence-corrected chi connectivity index (χ2v) is 15.2. The van der Waals surface area contributed by atoms with Gasteiger partial charge in [0, 0.05) is 5.92 Å². The van der Waals surface area contributed by atoms with E-state index in [9.17, 15) is 24.3 Å². The predicted octanol–water partition coefficient (Wildman–Crippen LogP) is 2.44. The molecule has 8 N–H and O–H groups in total. The molecule has 318 valence electrons. The van der Waals surface area contributed by atoms with Gasteiger partial charge in [-0.2, -0.15) is 0 Å². The molecule has 4 saturated heterocycles. The van der Waals surface area contributed by atoms with E-state index in [1.54, 1.807) is 45.0 Å². The first-order chi connectivity index (χ1) is 24.3. The summed E-state index contributed by atoms with van der Waals surface area (Å²) in [6, 6.07) is 6.07. The Bertz CT molecular complexity index is 1260. The summed E-state index contributed by atoms with van der Waals surface area (Å²) in [7, 11) is 0. The van der Waals surface area contributed by atoms with Crippen LogP contribution in [0.4, 0.5) is 9.59 Å². The fourth-order valence-electron chi connectivity index (χ4n) is 5.37. The predicted molar refractivity (Wildman–Crippen MR) is 208 cm³/mol. The Hall–Kier alpha value is -3.42. The zero-order valence-corrected chi connectivity index (χ0v) is 31.2. The van der Waals surface area contributed by atoms with Gasteiger partial charge in [-0.15, -0.1) is 0 Å². The smallest absolute Gasteiger partial charge is 0.408 e. The van der Waals surface area contributed by atoms with Gasteiger partial charge in [-0.05, 0) is 53.7 Å². The highest BCUT2D eigenvalue weighted by Gasteiger charge is 2.43. The zero-order valence-electron chi connectivity index (χ0n) is 31.2. The third-order valence-electron chi connectivity index (χ3n) is 8.16. The Morgan fingerprint density at radius 3 is 1.44 bits per heavy atom. The fraction of sp³-hybridized carbons (Fsp3) is 0.737. The van der Waals surface area contributed by atoms with Crippen LogP contribution in [0.15, 0.2) is 24.3 Å². The molecule has 1 aromatic rings. The number of hydrogen-bond acceptors (Lipinski definition) is 14. The first-order valence-corrected chi connectivity index (χ1v) is 17.4. The molecular formula is C38H69N5O12. The maximum absolute atomic E-state index is 12.2. The second kappa shape index (κ2) is 23.0. The molecule has 4 fully saturated rings. The number of rotatable bonds is 3. The molecule has 5 aliphatic heterocycles. The minimum atomic E-state index is -0.637. The monoisotopic (exact) mass is 787 g/mol. The summed E-state index contributed by atoms with van der Waals surface area (Å²) in [6.07, 6.45) is -2.03. The molecule has 4 amide bonds. The summed E-state index contributed by atoms with van der Waals surface area (Å²) in [5, 5.41) is 23.3. The molecule has 5 aliphatic rings. The van der Waals surface area contributed by atoms with Crippen molar-refractivity contribution in [1.82, 2.24) is 15.5 Å². The van der Waals surface area contributed by atoms with Crippen LogP contribution in [0.3, 0.4) is 0 Å². The van der Waals surface area contributed by atoms with E-state index in [1.165, 1.54) is 4.90 Å². The summed E-state index contributed by atoms with van der Waals surface area (Å²) in [4.78, 5) is 48.3. The molecule has 0 aliphatic carbocycles. The Morgan fingerprint density at radius 1 is 0.673 bits per heavy atom. The molecule has 17 nitrogen and oxygen atoms in total. The number of carbonyl (C=O) groups is 4. The van der Waals surface area contributed by atoms with Crippen molar-refractivity contribution in [2.45, 2.75) is 124 Å². The van der Waals surface area contributed by atoms with Crippen LogP contribution < -0.4 is 22.1 Å². The van der Waals surface area contributed by atoms with Crippen LogP contribution >= 0.6 is 0 Å². The quantitative estimate of drug-likeness (QED) is 0.241. The minimum Gasteiger partial charge on any atom is -0.444 e. The van der Waals surface area contributed by atoms with E-state index >= 15 is 0 Å². The topological polar surface area (TPSA) is 243 Å². The summed E-state index contributed by atoms with van der Waals surface area (Å²) >= 11 is 0. The minimum absolute atomic E-state index is 0. The number of alkyl carbamates (subject to hydrolysis) is 2. The van der Waals surface area contributed by atoms with E-state index in [-0.39, 0.29) is 76.8 Å². The van der Waals surface area contributed by atoms with Gasteiger partial charge in [-0.1, -0.05) is 41.3 Å². The van der Waals surface area contributed by atoms with E-state index in [4.69, 9.17) is 45.0 Å². The van der Waals surface area contributed by atoms with Crippen LogP contribution in [0.2, 0.25) is 0 Å². The molecule has 5 heterocycles. The number of nitrogens with two attached hydrogens (primary N) is 2. The number of nitrogens with one attached hydrogen (secondary N) is 2. The zero-order chi connectivity index (χ0) is 38.8. The van der Waals surface area contributed by atoms with Crippen molar-refractivity contribution in [3.63, 3.8) is 0 Å². The number of imide groups is 1. The Balaban J connectivity index is 0.000000718. The molecule has 1 aromatic carbocycles. The number of hydrogen-bond donors (Lipinski definition) is 6. The number of carbonyl (C=O) groups excluding carboxylic acids is 4. The Labute approximate surface area is 327 Å². The normalized spacial score (nSPS) is 27.9. The Kier molecular flexibility index (Phi) is 21.5. The molecule has 0 radical (unpaired) electrons. The number of nitrogens with zero attached hydrogens (tertiary/aromatic N) is 1. The number of aliphatic hydroxyl groups excluding tert-OH is 2. The molecule has 6 rings (SSSR count). The van der Waals surface area contributed by atoms with Crippen LogP contribution in [-0.4, -0.2) is 146 Å². The molecule has 0 aromatic heterocycles. The van der Waals surface area contributed by atoms with Gasteiger partial charge in [0.15, 0.2) is 0 Å². The van der Waals surface area contributed by atoms with Gasteiger partial charge < -0.3 is 60.7 Å². The van der Waals surface area contributed by atoms with E-state index in [1.807, 2.05) is 27.7 Å². The largest absolute Gasteiger partial charge is 0.444 e. The molecular weight excluding hydrogens is 718 g/mol. The van der Waals surface area contributed by atoms with Crippen LogP contribution in [0.1, 0.15) is 91.5 Å². The lowest BCUT2D eigenvalue weighted by atomic mass is 10.1. The SMILES string of the molecule is C.C.C.CC(C)(C)OC(=O)N[C@H]1COC[C@@H]1O.CC(C)(C)OC(=O)N[C@H]1COC[C@H]1N.C[C@H]1COC[C@H]1N1C(=O)c2ccccc2C1=O.N[C@H]1COC[C@@H]1O. The lowest BCUT2D eigenvalue weighted by molar-refractivity contribution is 0.0458. The average Bonchev–Trinajstić information content (AvgIpc) is 3.87. The van der Waals surface area contributed by atoms with Crippen LogP contribution in [0.25, 0.3) is 0 Å². The molecule has 0 unspecified atom stereocenters. The summed E-state index contributed by atoms with van der Waals surface area (Å²) in [5.41, 5.74) is 11.0. The standard InChI is InChI=1S/C13H13NO3.C9H18N2O3.C9H17NO4.C4H9NO2.3CH4/c1-8-6-17-7-11(8)14-12(15)9-4-2-3-5-10(9)13(14)16;1-9(2,3)14-8(12)11-7-5-13-4-6(7)10;1-9(2,3)14-8(12)10-6-4-13-5-7(6)11;5-3-1-7-2-4(3)6;;;/h2-5,8,11H,6-7H2,1H3;6-7H,4-5,10H2,1-3H3,(H,11,12);6-7,11H,4-5H2,1-3H3,(H,10,12);3-4,6H,1-2,5H2;3*1H4/t8-,11+;6-,7+;6-,7-;3-,4-;;;/m0100.../s1. The van der Waals surface area contributed by atoms with E-state index < -0.39 is 35.6 Å². The molecule has 0 spiro atoms. The number of fused-ring (bicyclic) bond motifs is 1. The molecule has 55 heavy (non-hydrogen) atoms. The number of amides is 4. The lowest BCUT2D eigenvalue weighted by Gasteiger charge is -2.23.